The van der Waals surface area contributed by atoms with Crippen LogP contribution in [0.2, 0.25) is 0 Å². The van der Waals surface area contributed by atoms with Crippen LogP contribution in [0.4, 0.5) is 0 Å². The summed E-state index contributed by atoms with van der Waals surface area (Å²) in [5, 5.41) is 33.8. The molecule has 1 aliphatic heterocycles. The number of carboxylic acids is 1. The van der Waals surface area contributed by atoms with E-state index in [1.807, 2.05) is 4.98 Å². The van der Waals surface area contributed by atoms with Gasteiger partial charge >= 0.3 is 17.6 Å². The third kappa shape index (κ3) is 6.97. The van der Waals surface area contributed by atoms with Crippen LogP contribution in [0.5, 0.6) is 0 Å². The number of amides is 2. The van der Waals surface area contributed by atoms with Gasteiger partial charge < -0.3 is 35.4 Å². The molecule has 0 radical (unpaired) electrons. The number of H-pyrrole nitrogens is 1. The highest BCUT2D eigenvalue weighted by Crippen LogP contribution is 2.28. The normalized spacial score (nSPS) is 22.6. The summed E-state index contributed by atoms with van der Waals surface area (Å²) in [6.45, 7) is 1.49. The number of aliphatic hydroxyl groups is 2. The van der Waals surface area contributed by atoms with Crippen molar-refractivity contribution in [1.29, 1.82) is 0 Å². The van der Waals surface area contributed by atoms with E-state index in [9.17, 15) is 39.0 Å². The average molecular weight is 486 g/mol. The molecule has 0 aromatic carbocycles. The minimum absolute atomic E-state index is 0.0122. The van der Waals surface area contributed by atoms with Crippen molar-refractivity contribution >= 4 is 23.8 Å². The first-order chi connectivity index (χ1) is 16.0. The molecule has 0 aliphatic carbocycles. The lowest BCUT2D eigenvalue weighted by Crippen LogP contribution is -2.44. The maximum atomic E-state index is 12.3. The molecule has 5 atom stereocenters. The molecule has 0 spiro atoms. The third-order valence-corrected chi connectivity index (χ3v) is 4.79. The van der Waals surface area contributed by atoms with Crippen LogP contribution in [0.15, 0.2) is 21.9 Å². The molecule has 6 N–H and O–H groups in total. The Hall–Kier alpha value is -3.56. The number of carboxylic acid groups (broad SMARTS) is 1. The van der Waals surface area contributed by atoms with E-state index in [-0.39, 0.29) is 26.0 Å². The smallest absolute Gasteiger partial charge is 0.330 e. The second kappa shape index (κ2) is 12.1. The molecule has 188 valence electrons. The number of rotatable bonds is 11. The summed E-state index contributed by atoms with van der Waals surface area (Å²) in [6.07, 6.45) is -5.94. The summed E-state index contributed by atoms with van der Waals surface area (Å²) in [5.41, 5.74) is -1.58. The van der Waals surface area contributed by atoms with Gasteiger partial charge in [-0.25, -0.2) is 9.59 Å². The Kier molecular flexibility index (Phi) is 9.47. The van der Waals surface area contributed by atoms with E-state index in [0.29, 0.717) is 0 Å². The molecule has 2 amide bonds. The lowest BCUT2D eigenvalue weighted by Gasteiger charge is -2.16. The topological polar surface area (TPSA) is 226 Å². The zero-order valence-electron chi connectivity index (χ0n) is 18.1. The van der Waals surface area contributed by atoms with E-state index < -0.39 is 72.0 Å². The third-order valence-electron chi connectivity index (χ3n) is 4.79. The molecular weight excluding hydrogens is 460 g/mol. The van der Waals surface area contributed by atoms with Crippen LogP contribution in [0.25, 0.3) is 0 Å². The molecule has 1 aromatic heterocycles. The standard InChI is InChI=1S/C19H26N4O11/c1-2-33-18(31)9(8-12(26)27)21-10(24)4-3-6-20-16(30)15-13(28)14(29)17(34-15)23-7-5-11(25)22-19(23)32/h5,7,9,13-15,17,28-29H,2-4,6,8H2,1H3,(H,20,30)(H,21,24)(H,26,27)(H,22,25,32)/t9?,13-,14+,15-,17+/m0/s1. The highest BCUT2D eigenvalue weighted by Gasteiger charge is 2.47. The molecule has 0 bridgehead atoms. The Morgan fingerprint density at radius 3 is 2.56 bits per heavy atom. The molecule has 1 fully saturated rings. The van der Waals surface area contributed by atoms with Crippen molar-refractivity contribution in [3.8, 4) is 0 Å². The van der Waals surface area contributed by atoms with E-state index >= 15 is 0 Å². The number of aromatic nitrogens is 2. The minimum Gasteiger partial charge on any atom is -0.481 e. The second-order valence-corrected chi connectivity index (χ2v) is 7.31. The van der Waals surface area contributed by atoms with Crippen molar-refractivity contribution < 1.29 is 44.0 Å². The van der Waals surface area contributed by atoms with E-state index in [4.69, 9.17) is 14.6 Å². The van der Waals surface area contributed by atoms with Gasteiger partial charge in [-0.2, -0.15) is 0 Å². The Balaban J connectivity index is 1.84. The number of esters is 1. The number of hydrogen-bond donors (Lipinski definition) is 6. The summed E-state index contributed by atoms with van der Waals surface area (Å²) in [5.74, 6) is -3.64. The highest BCUT2D eigenvalue weighted by molar-refractivity contribution is 5.87. The van der Waals surface area contributed by atoms with Gasteiger partial charge in [-0.3, -0.25) is 28.7 Å². The zero-order valence-corrected chi connectivity index (χ0v) is 18.1. The number of aromatic amines is 1. The molecule has 1 unspecified atom stereocenters. The van der Waals surface area contributed by atoms with Gasteiger partial charge in [0, 0.05) is 25.2 Å². The number of hydrogen-bond acceptors (Lipinski definition) is 10. The number of carbonyl (C=O) groups is 4. The van der Waals surface area contributed by atoms with Crippen molar-refractivity contribution in [2.45, 2.75) is 56.8 Å². The molecule has 34 heavy (non-hydrogen) atoms. The Morgan fingerprint density at radius 2 is 1.94 bits per heavy atom. The van der Waals surface area contributed by atoms with Gasteiger partial charge in [0.25, 0.3) is 11.5 Å². The van der Waals surface area contributed by atoms with Crippen LogP contribution < -0.4 is 21.9 Å². The molecule has 15 nitrogen and oxygen atoms in total. The van der Waals surface area contributed by atoms with Crippen molar-refractivity contribution in [2.24, 2.45) is 0 Å². The lowest BCUT2D eigenvalue weighted by atomic mass is 10.1. The molecule has 2 rings (SSSR count). The summed E-state index contributed by atoms with van der Waals surface area (Å²) >= 11 is 0. The number of nitrogens with zero attached hydrogens (tertiary/aromatic N) is 1. The number of aliphatic hydroxyl groups excluding tert-OH is 2. The highest BCUT2D eigenvalue weighted by atomic mass is 16.6. The predicted molar refractivity (Wildman–Crippen MR) is 110 cm³/mol. The quantitative estimate of drug-likeness (QED) is 0.133. The van der Waals surface area contributed by atoms with Gasteiger partial charge in [0.1, 0.15) is 18.2 Å². The van der Waals surface area contributed by atoms with Crippen molar-refractivity contribution in [3.05, 3.63) is 33.1 Å². The monoisotopic (exact) mass is 486 g/mol. The van der Waals surface area contributed by atoms with Crippen molar-refractivity contribution in [2.75, 3.05) is 13.2 Å². The Labute approximate surface area is 191 Å². The number of ether oxygens (including phenoxy) is 2. The molecule has 1 aromatic rings. The first-order valence-corrected chi connectivity index (χ1v) is 10.3. The fourth-order valence-electron chi connectivity index (χ4n) is 3.17. The zero-order chi connectivity index (χ0) is 25.4. The van der Waals surface area contributed by atoms with Gasteiger partial charge in [-0.15, -0.1) is 0 Å². The molecule has 1 aliphatic rings. The predicted octanol–water partition coefficient (Wildman–Crippen LogP) is -3.43. The second-order valence-electron chi connectivity index (χ2n) is 7.31. The van der Waals surface area contributed by atoms with E-state index in [1.165, 1.54) is 6.92 Å². The summed E-state index contributed by atoms with van der Waals surface area (Å²) in [7, 11) is 0. The first kappa shape index (κ1) is 26.7. The minimum atomic E-state index is -1.67. The van der Waals surface area contributed by atoms with E-state index in [0.717, 1.165) is 16.8 Å². The average Bonchev–Trinajstić information content (AvgIpc) is 3.05. The van der Waals surface area contributed by atoms with E-state index in [1.54, 1.807) is 0 Å². The van der Waals surface area contributed by atoms with Gasteiger partial charge in [0.05, 0.1) is 13.0 Å². The van der Waals surface area contributed by atoms with Crippen LogP contribution in [-0.4, -0.2) is 86.1 Å². The summed E-state index contributed by atoms with van der Waals surface area (Å²) < 4.78 is 10.9. The van der Waals surface area contributed by atoms with Crippen molar-refractivity contribution in [3.63, 3.8) is 0 Å². The Morgan fingerprint density at radius 1 is 1.24 bits per heavy atom. The van der Waals surface area contributed by atoms with Crippen LogP contribution in [-0.2, 0) is 28.7 Å². The lowest BCUT2D eigenvalue weighted by molar-refractivity contribution is -0.151. The fraction of sp³-hybridized carbons (Fsp3) is 0.579. The van der Waals surface area contributed by atoms with Gasteiger partial charge in [-0.1, -0.05) is 0 Å². The number of nitrogens with one attached hydrogen (secondary N) is 3. The molecular formula is C19H26N4O11. The summed E-state index contributed by atoms with van der Waals surface area (Å²) in [6, 6.07) is -0.345. The largest absolute Gasteiger partial charge is 0.481 e. The molecule has 15 heteroatoms. The van der Waals surface area contributed by atoms with Crippen LogP contribution >= 0.6 is 0 Å². The summed E-state index contributed by atoms with van der Waals surface area (Å²) in [4.78, 5) is 72.0. The molecule has 1 saturated heterocycles. The first-order valence-electron chi connectivity index (χ1n) is 10.3. The van der Waals surface area contributed by atoms with Gasteiger partial charge in [0.15, 0.2) is 12.3 Å². The number of aliphatic carboxylic acids is 1. The van der Waals surface area contributed by atoms with E-state index in [2.05, 4.69) is 10.6 Å². The maximum Gasteiger partial charge on any atom is 0.330 e. The fourth-order valence-corrected chi connectivity index (χ4v) is 3.17. The van der Waals surface area contributed by atoms with Crippen LogP contribution in [0.1, 0.15) is 32.4 Å². The van der Waals surface area contributed by atoms with Crippen LogP contribution in [0, 0.1) is 0 Å². The van der Waals surface area contributed by atoms with Crippen molar-refractivity contribution in [1.82, 2.24) is 20.2 Å². The molecule has 2 heterocycles. The SMILES string of the molecule is CCOC(=O)C(CC(=O)O)NC(=O)CCCNC(=O)[C@H]1O[C@@H](n2ccc(=O)[nH]c2=O)[C@H](O)[C@@H]1O. The molecule has 0 saturated carbocycles. The van der Waals surface area contributed by atoms with Gasteiger partial charge in [-0.05, 0) is 13.3 Å². The Bertz CT molecular complexity index is 1020. The van der Waals surface area contributed by atoms with Gasteiger partial charge in [0.2, 0.25) is 5.91 Å². The number of carbonyl (C=O) groups excluding carboxylic acids is 3. The maximum absolute atomic E-state index is 12.3. The van der Waals surface area contributed by atoms with Crippen LogP contribution in [0.3, 0.4) is 0 Å².